The van der Waals surface area contributed by atoms with Gasteiger partial charge in [-0.15, -0.1) is 11.8 Å². The van der Waals surface area contributed by atoms with Crippen LogP contribution in [0.5, 0.6) is 11.5 Å². The largest absolute Gasteiger partial charge is 0.496 e. The number of nitrogens with one attached hydrogen (secondary N) is 2. The number of likely N-dealkylation sites (tertiary alicyclic amines) is 1. The number of ether oxygens (including phenoxy) is 2. The summed E-state index contributed by atoms with van der Waals surface area (Å²) < 4.78 is 44.0. The molecule has 3 amide bonds. The first-order valence-corrected chi connectivity index (χ1v) is 21.7. The van der Waals surface area contributed by atoms with E-state index in [9.17, 15) is 19.2 Å². The fourth-order valence-electron chi connectivity index (χ4n) is 9.75. The number of benzene rings is 2. The molecule has 13 nitrogen and oxygen atoms in total. The lowest BCUT2D eigenvalue weighted by molar-refractivity contribution is -0.136. The Labute approximate surface area is 359 Å². The van der Waals surface area contributed by atoms with E-state index in [4.69, 9.17) is 9.47 Å². The van der Waals surface area contributed by atoms with Gasteiger partial charge in [-0.3, -0.25) is 29.4 Å². The molecule has 0 bridgehead atoms. The third-order valence-corrected chi connectivity index (χ3v) is 14.5. The summed E-state index contributed by atoms with van der Waals surface area (Å²) in [4.78, 5) is 60.7. The summed E-state index contributed by atoms with van der Waals surface area (Å²) in [5.74, 6) is -2.95. The number of pyridine rings is 1. The molecule has 3 atom stereocenters. The monoisotopic (exact) mass is 859 g/mol. The van der Waals surface area contributed by atoms with Crippen LogP contribution in [-0.4, -0.2) is 120 Å². The van der Waals surface area contributed by atoms with E-state index < -0.39 is 35.2 Å². The van der Waals surface area contributed by atoms with Crippen molar-refractivity contribution in [3.05, 3.63) is 75.7 Å². The van der Waals surface area contributed by atoms with Gasteiger partial charge in [-0.05, 0) is 82.1 Å². The van der Waals surface area contributed by atoms with Crippen LogP contribution in [0.2, 0.25) is 0 Å². The van der Waals surface area contributed by atoms with E-state index in [0.717, 1.165) is 52.0 Å². The van der Waals surface area contributed by atoms with Gasteiger partial charge in [0.15, 0.2) is 0 Å². The number of carbonyl (C=O) groups is 3. The number of halogens is 2. The van der Waals surface area contributed by atoms with Crippen LogP contribution in [-0.2, 0) is 40.9 Å². The minimum atomic E-state index is -3.16. The molecule has 5 aliphatic rings. The average molecular weight is 860 g/mol. The second kappa shape index (κ2) is 16.4. The van der Waals surface area contributed by atoms with E-state index >= 15 is 8.78 Å². The van der Waals surface area contributed by atoms with Crippen LogP contribution < -0.4 is 30.6 Å². The highest BCUT2D eigenvalue weighted by Crippen LogP contribution is 2.50. The summed E-state index contributed by atoms with van der Waals surface area (Å²) in [6, 6.07) is 8.24. The first-order chi connectivity index (χ1) is 29.0. The number of methoxy groups -OCH3 is 2. The summed E-state index contributed by atoms with van der Waals surface area (Å²) in [6.07, 6.45) is 4.16. The highest BCUT2D eigenvalue weighted by molar-refractivity contribution is 8.01. The van der Waals surface area contributed by atoms with Crippen molar-refractivity contribution in [1.82, 2.24) is 29.9 Å². The SMILES string of the molecule is C=C1c2ccc(N3CCC(N4CCC(NC(=O)C5(C)Cc6c(c(-c7cc(OC)c(CN(C)C)c(OC)c7)cn(C)c6=O)S5)C(F)(F)C4)CC3)cc2CN1C1CCC(=O)NC1=O. The molecule has 0 spiro atoms. The van der Waals surface area contributed by atoms with Crippen LogP contribution in [0.1, 0.15) is 61.3 Å². The number of aryl methyl sites for hydroxylation is 1. The van der Waals surface area contributed by atoms with Gasteiger partial charge >= 0.3 is 0 Å². The van der Waals surface area contributed by atoms with E-state index in [0.29, 0.717) is 67.5 Å². The predicted octanol–water partition coefficient (Wildman–Crippen LogP) is 4.62. The molecule has 3 aromatic rings. The topological polar surface area (TPSA) is 129 Å². The lowest BCUT2D eigenvalue weighted by atomic mass is 9.93. The number of thioether (sulfide) groups is 1. The molecule has 2 N–H and O–H groups in total. The second-order valence-electron chi connectivity index (χ2n) is 17.5. The molecular weight excluding hydrogens is 805 g/mol. The standard InChI is InChI=1S/C45H55F2N7O6S/c1-26-31-9-8-30(18-28(31)22-54(26)35-10-11-39(55)49-41(35)56)52-15-12-29(13-16-52)53-17-14-38(45(46,47)25-53)48-43(58)44(2)21-32-40(61-44)33(24-51(5)42(32)57)27-19-36(59-6)34(23-50(3)4)37(20-27)60-7/h8-9,18-20,24,29,35,38H,1,10-17,21-23,25H2,2-7H3,(H,48,58)(H,49,55,56). The predicted molar refractivity (Wildman–Crippen MR) is 231 cm³/mol. The molecule has 326 valence electrons. The molecular formula is C45H55F2N7O6S. The quantitative estimate of drug-likeness (QED) is 0.278. The maximum Gasteiger partial charge on any atom is 0.280 e. The second-order valence-corrected chi connectivity index (χ2v) is 19.0. The number of anilines is 1. The van der Waals surface area contributed by atoms with E-state index in [-0.39, 0.29) is 36.3 Å². The number of imide groups is 1. The van der Waals surface area contributed by atoms with Crippen molar-refractivity contribution in [2.24, 2.45) is 7.05 Å². The van der Waals surface area contributed by atoms with Gasteiger partial charge in [0.05, 0.1) is 32.4 Å². The minimum Gasteiger partial charge on any atom is -0.496 e. The number of nitrogens with zero attached hydrogens (tertiary/aromatic N) is 5. The Morgan fingerprint density at radius 2 is 1.72 bits per heavy atom. The number of piperidine rings is 3. The van der Waals surface area contributed by atoms with E-state index in [2.05, 4.69) is 34.2 Å². The Hall–Kier alpha value is -4.93. The van der Waals surface area contributed by atoms with Gasteiger partial charge in [0.2, 0.25) is 17.7 Å². The van der Waals surface area contributed by atoms with Crippen LogP contribution in [0.3, 0.4) is 0 Å². The number of carbonyl (C=O) groups excluding carboxylic acids is 3. The number of hydrogen-bond donors (Lipinski definition) is 2. The molecule has 3 fully saturated rings. The van der Waals surface area contributed by atoms with Gasteiger partial charge in [-0.2, -0.15) is 0 Å². The lowest BCUT2D eigenvalue weighted by Gasteiger charge is -2.45. The fourth-order valence-corrected chi connectivity index (χ4v) is 11.1. The number of rotatable bonds is 10. The Balaban J connectivity index is 0.897. The zero-order valence-electron chi connectivity index (χ0n) is 35.7. The van der Waals surface area contributed by atoms with Crippen molar-refractivity contribution in [2.75, 3.05) is 59.4 Å². The van der Waals surface area contributed by atoms with Crippen molar-refractivity contribution in [3.8, 4) is 22.6 Å². The molecule has 3 saturated heterocycles. The average Bonchev–Trinajstić information content (AvgIpc) is 3.76. The Morgan fingerprint density at radius 3 is 2.36 bits per heavy atom. The number of alkyl halides is 2. The first-order valence-electron chi connectivity index (χ1n) is 20.9. The number of amides is 3. The summed E-state index contributed by atoms with van der Waals surface area (Å²) in [6.45, 7) is 8.50. The van der Waals surface area contributed by atoms with Crippen LogP contribution in [0.4, 0.5) is 14.5 Å². The summed E-state index contributed by atoms with van der Waals surface area (Å²) in [7, 11) is 8.77. The highest BCUT2D eigenvalue weighted by atomic mass is 32.2. The molecule has 1 aromatic heterocycles. The summed E-state index contributed by atoms with van der Waals surface area (Å²) in [5, 5.41) is 5.18. The zero-order chi connectivity index (χ0) is 43.5. The van der Waals surface area contributed by atoms with Crippen molar-refractivity contribution in [2.45, 2.75) is 92.2 Å². The van der Waals surface area contributed by atoms with Crippen molar-refractivity contribution < 1.29 is 32.6 Å². The molecule has 8 rings (SSSR count). The summed E-state index contributed by atoms with van der Waals surface area (Å²) >= 11 is 1.25. The lowest BCUT2D eigenvalue weighted by Crippen LogP contribution is -2.62. The van der Waals surface area contributed by atoms with Gasteiger partial charge in [0.1, 0.15) is 22.3 Å². The van der Waals surface area contributed by atoms with Crippen LogP contribution >= 0.6 is 11.8 Å². The van der Waals surface area contributed by atoms with Crippen LogP contribution in [0.25, 0.3) is 16.8 Å². The van der Waals surface area contributed by atoms with Crippen LogP contribution in [0.15, 0.2) is 52.8 Å². The van der Waals surface area contributed by atoms with Gasteiger partial charge in [0, 0.05) is 97.8 Å². The highest BCUT2D eigenvalue weighted by Gasteiger charge is 2.50. The molecule has 2 aromatic carbocycles. The Morgan fingerprint density at radius 1 is 1.02 bits per heavy atom. The van der Waals surface area contributed by atoms with E-state index in [1.54, 1.807) is 34.4 Å². The molecule has 16 heteroatoms. The molecule has 6 heterocycles. The first kappa shape index (κ1) is 42.7. The third kappa shape index (κ3) is 8.02. The number of fused-ring (bicyclic) bond motifs is 2. The van der Waals surface area contributed by atoms with Crippen molar-refractivity contribution >= 4 is 40.9 Å². The summed E-state index contributed by atoms with van der Waals surface area (Å²) in [5.41, 5.74) is 6.49. The third-order valence-electron chi connectivity index (χ3n) is 13.1. The molecule has 0 saturated carbocycles. The molecule has 3 unspecified atom stereocenters. The van der Waals surface area contributed by atoms with Gasteiger partial charge < -0.3 is 34.1 Å². The van der Waals surface area contributed by atoms with Crippen molar-refractivity contribution in [1.29, 1.82) is 0 Å². The van der Waals surface area contributed by atoms with Gasteiger partial charge in [0.25, 0.3) is 11.5 Å². The maximum absolute atomic E-state index is 16.1. The number of aromatic nitrogens is 1. The minimum absolute atomic E-state index is 0.0165. The molecule has 61 heavy (non-hydrogen) atoms. The van der Waals surface area contributed by atoms with Gasteiger partial charge in [-0.1, -0.05) is 12.6 Å². The fraction of sp³-hybridized carbons (Fsp3) is 0.511. The van der Waals surface area contributed by atoms with Crippen molar-refractivity contribution in [3.63, 3.8) is 0 Å². The Bertz CT molecular complexity index is 2320. The molecule has 0 radical (unpaired) electrons. The maximum atomic E-state index is 16.1. The Kier molecular flexibility index (Phi) is 11.5. The zero-order valence-corrected chi connectivity index (χ0v) is 36.6. The number of hydrogen-bond acceptors (Lipinski definition) is 11. The van der Waals surface area contributed by atoms with Gasteiger partial charge in [-0.25, -0.2) is 8.78 Å². The van der Waals surface area contributed by atoms with E-state index in [1.165, 1.54) is 16.3 Å². The molecule has 5 aliphatic heterocycles. The normalized spacial score (nSPS) is 24.2. The molecule has 0 aliphatic carbocycles. The van der Waals surface area contributed by atoms with E-state index in [1.807, 2.05) is 47.0 Å². The smallest absolute Gasteiger partial charge is 0.280 e. The van der Waals surface area contributed by atoms with Crippen LogP contribution in [0, 0.1) is 0 Å².